The van der Waals surface area contributed by atoms with E-state index in [-0.39, 0.29) is 36.6 Å². The first-order chi connectivity index (χ1) is 25.5. The highest BCUT2D eigenvalue weighted by atomic mass is 16.5. The predicted octanol–water partition coefficient (Wildman–Crippen LogP) is 4.62. The Morgan fingerprint density at radius 2 is 1.75 bits per heavy atom. The number of aromatic nitrogens is 3. The van der Waals surface area contributed by atoms with Crippen LogP contribution in [0.1, 0.15) is 109 Å². The minimum Gasteiger partial charge on any atom is -0.515 e. The molecule has 10 nitrogen and oxygen atoms in total. The number of Topliss-reactive ketones (excluding diaryl/α,β-unsaturated/α-hetero) is 1. The summed E-state index contributed by atoms with van der Waals surface area (Å²) in [6.07, 6.45) is 15.4. The number of aliphatic hydroxyl groups is 1. The van der Waals surface area contributed by atoms with Gasteiger partial charge in [-0.1, -0.05) is 45.4 Å². The molecule has 6 rings (SSSR count). The molecule has 1 fully saturated rings. The van der Waals surface area contributed by atoms with Crippen molar-refractivity contribution in [2.24, 2.45) is 17.8 Å². The third-order valence-corrected chi connectivity index (χ3v) is 11.5. The van der Waals surface area contributed by atoms with Gasteiger partial charge in [0, 0.05) is 56.8 Å². The van der Waals surface area contributed by atoms with Gasteiger partial charge in [-0.15, -0.1) is 0 Å². The molecule has 3 aromatic rings. The molecule has 10 heteroatoms. The fourth-order valence-corrected chi connectivity index (χ4v) is 8.41. The molecule has 0 aromatic carbocycles. The number of allylic oxidation sites excluding steroid dienone is 2. The van der Waals surface area contributed by atoms with E-state index in [1.165, 1.54) is 12.7 Å². The molecule has 3 aromatic heterocycles. The van der Waals surface area contributed by atoms with E-state index in [1.54, 1.807) is 0 Å². The molecule has 0 radical (unpaired) electrons. The van der Waals surface area contributed by atoms with Crippen LogP contribution in [0.15, 0.2) is 23.9 Å². The van der Waals surface area contributed by atoms with Crippen LogP contribution in [0, 0.1) is 31.6 Å². The zero-order valence-electron chi connectivity index (χ0n) is 31.9. The Hall–Kier alpha value is -5.25. The van der Waals surface area contributed by atoms with Gasteiger partial charge >= 0.3 is 11.9 Å². The third kappa shape index (κ3) is 6.75. The Balaban J connectivity index is 1.54. The summed E-state index contributed by atoms with van der Waals surface area (Å²) in [5.41, 5.74) is 9.25. The lowest BCUT2D eigenvalue weighted by Gasteiger charge is -2.25. The highest BCUT2D eigenvalue weighted by molar-refractivity contribution is 6.19. The van der Waals surface area contributed by atoms with Crippen molar-refractivity contribution in [3.8, 4) is 0 Å². The van der Waals surface area contributed by atoms with Gasteiger partial charge in [-0.3, -0.25) is 14.4 Å². The summed E-state index contributed by atoms with van der Waals surface area (Å²) in [4.78, 5) is 51.5. The van der Waals surface area contributed by atoms with E-state index in [2.05, 4.69) is 53.7 Å². The molecule has 1 aliphatic carbocycles. The van der Waals surface area contributed by atoms with Gasteiger partial charge < -0.3 is 34.8 Å². The van der Waals surface area contributed by atoms with Crippen molar-refractivity contribution in [2.75, 3.05) is 13.7 Å². The van der Waals surface area contributed by atoms with Crippen LogP contribution in [-0.4, -0.2) is 57.5 Å². The van der Waals surface area contributed by atoms with Crippen LogP contribution in [0.5, 0.6) is 0 Å². The molecular formula is C43H52N4O6. The molecule has 0 saturated carbocycles. The number of carbonyl (C=O) groups excluding carboxylic acids is 3. The van der Waals surface area contributed by atoms with Gasteiger partial charge in [0.05, 0.1) is 30.1 Å². The molecule has 0 spiro atoms. The SMILES string of the molecule is C=Cc1c2[nH]c(c1C)/C=C1\NC(C3=c4[nH]/c(c(C)c4C(=O)[C@@H]3C(=O)OC)=C\c3[nH]c(/c(=C\O)c3CC)=C\2)[C@@H](CCC(=O)OC/C=C(\C)CCCC)[C@@H]1C. The molecule has 0 amide bonds. The molecule has 53 heavy (non-hydrogen) atoms. The van der Waals surface area contributed by atoms with Crippen molar-refractivity contribution in [1.82, 2.24) is 20.3 Å². The second-order valence-electron chi connectivity index (χ2n) is 14.6. The number of ether oxygens (including phenoxy) is 2. The number of H-pyrrole nitrogens is 3. The molecular weight excluding hydrogens is 668 g/mol. The molecule has 4 atom stereocenters. The standard InChI is InChI=1S/C43H52N4O6/c1-9-12-13-22(4)16-17-53-36(49)15-14-28-24(6)31-18-30-23(5)26(10-2)33(44-30)20-35-29(21-48)27(11-3)34(45-35)19-32-25(7)37-41(47-32)38(40(28)46-31)39(42(37)50)43(51)52-8/h10,16,18-21,24,28,39-40,44-48H,2,9,11-15,17H2,1,3-8H3/b22-16+,29-21-,31-18-,32-19-,35-20-/t24-,28-,39+,40?/m0/s1. The predicted molar refractivity (Wildman–Crippen MR) is 208 cm³/mol. The van der Waals surface area contributed by atoms with Crippen molar-refractivity contribution in [3.05, 3.63) is 90.1 Å². The van der Waals surface area contributed by atoms with E-state index in [0.717, 1.165) is 81.3 Å². The molecule has 2 aliphatic heterocycles. The van der Waals surface area contributed by atoms with Crippen LogP contribution in [0.3, 0.4) is 0 Å². The maximum absolute atomic E-state index is 14.3. The number of hydrogen-bond acceptors (Lipinski definition) is 7. The Morgan fingerprint density at radius 1 is 1.00 bits per heavy atom. The summed E-state index contributed by atoms with van der Waals surface area (Å²) < 4.78 is 10.9. The number of aromatic amines is 3. The van der Waals surface area contributed by atoms with Crippen molar-refractivity contribution < 1.29 is 29.0 Å². The lowest BCUT2D eigenvalue weighted by molar-refractivity contribution is -0.143. The number of nitrogens with one attached hydrogen (secondary N) is 4. The topological polar surface area (TPSA) is 149 Å². The molecule has 1 unspecified atom stereocenters. The first-order valence-electron chi connectivity index (χ1n) is 18.7. The fraction of sp³-hybridized carbons (Fsp3) is 0.419. The zero-order valence-corrected chi connectivity index (χ0v) is 31.9. The van der Waals surface area contributed by atoms with Crippen molar-refractivity contribution >= 4 is 53.9 Å². The van der Waals surface area contributed by atoms with Gasteiger partial charge in [0.25, 0.3) is 0 Å². The second kappa shape index (κ2) is 15.4. The van der Waals surface area contributed by atoms with E-state index < -0.39 is 17.9 Å². The van der Waals surface area contributed by atoms with Crippen molar-refractivity contribution in [2.45, 2.75) is 86.1 Å². The van der Waals surface area contributed by atoms with Crippen LogP contribution in [0.25, 0.3) is 36.1 Å². The largest absolute Gasteiger partial charge is 0.515 e. The van der Waals surface area contributed by atoms with Crippen molar-refractivity contribution in [3.63, 3.8) is 0 Å². The number of unbranched alkanes of at least 4 members (excludes halogenated alkanes) is 1. The lowest BCUT2D eigenvalue weighted by atomic mass is 9.80. The van der Waals surface area contributed by atoms with Crippen molar-refractivity contribution in [1.29, 1.82) is 0 Å². The number of esters is 2. The number of methoxy groups -OCH3 is 1. The highest BCUT2D eigenvalue weighted by Gasteiger charge is 2.49. The normalized spacial score (nSPS) is 23.1. The van der Waals surface area contributed by atoms with Crippen LogP contribution in [-0.2, 0) is 25.5 Å². The summed E-state index contributed by atoms with van der Waals surface area (Å²) >= 11 is 0. The molecule has 5 heterocycles. The Bertz CT molecular complexity index is 2290. The summed E-state index contributed by atoms with van der Waals surface area (Å²) in [6, 6.07) is -0.465. The molecule has 8 bridgehead atoms. The summed E-state index contributed by atoms with van der Waals surface area (Å²) in [7, 11) is 1.30. The number of hydrogen-bond donors (Lipinski definition) is 5. The lowest BCUT2D eigenvalue weighted by Crippen LogP contribution is -2.38. The van der Waals surface area contributed by atoms with Gasteiger partial charge in [-0.05, 0) is 98.9 Å². The number of rotatable bonds is 11. The quantitative estimate of drug-likeness (QED) is 0.110. The van der Waals surface area contributed by atoms with E-state index >= 15 is 0 Å². The summed E-state index contributed by atoms with van der Waals surface area (Å²) in [6.45, 7) is 16.6. The molecule has 280 valence electrons. The number of aliphatic hydroxyl groups excluding tert-OH is 1. The summed E-state index contributed by atoms with van der Waals surface area (Å²) in [5.74, 6) is -2.60. The number of fused-ring (bicyclic) bond motifs is 8. The monoisotopic (exact) mass is 720 g/mol. The van der Waals surface area contributed by atoms with Crippen LogP contribution < -0.4 is 26.6 Å². The van der Waals surface area contributed by atoms with Crippen LogP contribution in [0.4, 0.5) is 0 Å². The highest BCUT2D eigenvalue weighted by Crippen LogP contribution is 2.42. The van der Waals surface area contributed by atoms with Gasteiger partial charge in [-0.2, -0.15) is 0 Å². The number of ketones is 1. The summed E-state index contributed by atoms with van der Waals surface area (Å²) in [5, 5.41) is 16.9. The average Bonchev–Trinajstić information content (AvgIpc) is 3.89. The maximum atomic E-state index is 14.3. The van der Waals surface area contributed by atoms with Gasteiger partial charge in [0.1, 0.15) is 12.5 Å². The minimum atomic E-state index is -1.14. The van der Waals surface area contributed by atoms with Gasteiger partial charge in [-0.25, -0.2) is 0 Å². The minimum absolute atomic E-state index is 0.0812. The Morgan fingerprint density at radius 3 is 2.43 bits per heavy atom. The Kier molecular flexibility index (Phi) is 10.9. The van der Waals surface area contributed by atoms with Gasteiger partial charge in [0.15, 0.2) is 5.78 Å². The Labute approximate surface area is 310 Å². The third-order valence-electron chi connectivity index (χ3n) is 11.5. The maximum Gasteiger partial charge on any atom is 0.320 e. The first-order valence-corrected chi connectivity index (χ1v) is 18.7. The van der Waals surface area contributed by atoms with Crippen LogP contribution in [0.2, 0.25) is 0 Å². The number of carbonyl (C=O) groups is 3. The average molecular weight is 721 g/mol. The van der Waals surface area contributed by atoms with Gasteiger partial charge in [0.2, 0.25) is 0 Å². The molecule has 5 N–H and O–H groups in total. The van der Waals surface area contributed by atoms with E-state index in [9.17, 15) is 19.5 Å². The van der Waals surface area contributed by atoms with E-state index in [1.807, 2.05) is 45.1 Å². The van der Waals surface area contributed by atoms with E-state index in [0.29, 0.717) is 34.5 Å². The van der Waals surface area contributed by atoms with Crippen LogP contribution >= 0.6 is 0 Å². The molecule has 1 saturated heterocycles. The molecule has 3 aliphatic rings. The fourth-order valence-electron chi connectivity index (χ4n) is 8.41. The van der Waals surface area contributed by atoms with E-state index in [4.69, 9.17) is 9.47 Å². The second-order valence-corrected chi connectivity index (χ2v) is 14.6. The smallest absolute Gasteiger partial charge is 0.320 e. The zero-order chi connectivity index (χ0) is 38.1. The first kappa shape index (κ1) is 37.5.